The van der Waals surface area contributed by atoms with Crippen molar-refractivity contribution in [2.24, 2.45) is 11.7 Å². The number of nitrogens with zero attached hydrogens (tertiary/aromatic N) is 3. The highest BCUT2D eigenvalue weighted by Gasteiger charge is 2.16. The average Bonchev–Trinajstić information content (AvgIpc) is 3.22. The van der Waals surface area contributed by atoms with Gasteiger partial charge >= 0.3 is 0 Å². The van der Waals surface area contributed by atoms with Crippen LogP contribution in [0.25, 0.3) is 0 Å². The molecule has 9 nitrogen and oxygen atoms in total. The zero-order chi connectivity index (χ0) is 20.6. The Labute approximate surface area is 169 Å². The monoisotopic (exact) mass is 400 g/mol. The molecule has 1 amide bonds. The number of rotatable bonds is 9. The molecule has 1 aliphatic heterocycles. The molecule has 2 aromatic rings. The second-order valence-electron chi connectivity index (χ2n) is 7.37. The first-order valence-electron chi connectivity index (χ1n) is 9.93. The average molecular weight is 400 g/mol. The molecule has 2 heterocycles. The third-order valence-electron chi connectivity index (χ3n) is 5.10. The van der Waals surface area contributed by atoms with Crippen LogP contribution in [0.2, 0.25) is 0 Å². The van der Waals surface area contributed by atoms with Crippen LogP contribution in [-0.4, -0.2) is 64.1 Å². The van der Waals surface area contributed by atoms with Crippen LogP contribution in [0.1, 0.15) is 34.5 Å². The number of nitrogens with one attached hydrogen (secondary N) is 2. The van der Waals surface area contributed by atoms with E-state index in [4.69, 9.17) is 5.73 Å². The second-order valence-corrected chi connectivity index (χ2v) is 7.37. The normalized spacial score (nSPS) is 15.8. The maximum atomic E-state index is 12.3. The fourth-order valence-electron chi connectivity index (χ4n) is 3.27. The molecule has 3 rings (SSSR count). The Hall–Kier alpha value is -2.62. The van der Waals surface area contributed by atoms with Gasteiger partial charge in [-0.2, -0.15) is 9.90 Å². The van der Waals surface area contributed by atoms with Gasteiger partial charge in [-0.3, -0.25) is 9.59 Å². The number of nitrogens with two attached hydrogens (primary N) is 1. The third kappa shape index (κ3) is 6.18. The molecule has 1 atom stereocenters. The van der Waals surface area contributed by atoms with Gasteiger partial charge in [0, 0.05) is 19.5 Å². The Kier molecular flexibility index (Phi) is 7.45. The smallest absolute Gasteiger partial charge is 0.273 e. The first-order chi connectivity index (χ1) is 14.0. The van der Waals surface area contributed by atoms with Crippen molar-refractivity contribution in [1.29, 1.82) is 0 Å². The van der Waals surface area contributed by atoms with Crippen LogP contribution in [0.5, 0.6) is 0 Å². The maximum absolute atomic E-state index is 12.3. The number of amides is 1. The van der Waals surface area contributed by atoms with Crippen LogP contribution in [0, 0.1) is 5.92 Å². The summed E-state index contributed by atoms with van der Waals surface area (Å²) in [7, 11) is 0. The van der Waals surface area contributed by atoms with Gasteiger partial charge in [0.1, 0.15) is 6.10 Å². The van der Waals surface area contributed by atoms with Crippen LogP contribution >= 0.6 is 0 Å². The minimum absolute atomic E-state index is 0.0738. The molecule has 0 bridgehead atoms. The Morgan fingerprint density at radius 3 is 2.62 bits per heavy atom. The number of hydrogen-bond donors (Lipinski definition) is 4. The largest absolute Gasteiger partial charge is 0.384 e. The van der Waals surface area contributed by atoms with Crippen molar-refractivity contribution in [1.82, 2.24) is 25.6 Å². The summed E-state index contributed by atoms with van der Waals surface area (Å²) in [6.07, 6.45) is 2.63. The molecule has 1 aromatic heterocycles. The van der Waals surface area contributed by atoms with Gasteiger partial charge in [0.2, 0.25) is 0 Å². The Morgan fingerprint density at radius 1 is 1.24 bits per heavy atom. The van der Waals surface area contributed by atoms with Crippen LogP contribution < -0.4 is 16.4 Å². The molecule has 0 radical (unpaired) electrons. The van der Waals surface area contributed by atoms with Crippen LogP contribution in [0.4, 0.5) is 0 Å². The van der Waals surface area contributed by atoms with E-state index in [1.807, 2.05) is 24.3 Å². The highest BCUT2D eigenvalue weighted by molar-refractivity contribution is 5.91. The summed E-state index contributed by atoms with van der Waals surface area (Å²) >= 11 is 0. The first kappa shape index (κ1) is 21.1. The Bertz CT molecular complexity index is 814. The highest BCUT2D eigenvalue weighted by Crippen LogP contribution is 2.10. The van der Waals surface area contributed by atoms with Gasteiger partial charge in [0.05, 0.1) is 12.7 Å². The highest BCUT2D eigenvalue weighted by atomic mass is 16.3. The summed E-state index contributed by atoms with van der Waals surface area (Å²) in [6, 6.07) is 7.40. The van der Waals surface area contributed by atoms with Gasteiger partial charge in [0.15, 0.2) is 11.5 Å². The number of ketones is 1. The number of aliphatic hydroxyl groups is 1. The van der Waals surface area contributed by atoms with E-state index in [1.54, 1.807) is 0 Å². The fraction of sp³-hybridized carbons (Fsp3) is 0.500. The fourth-order valence-corrected chi connectivity index (χ4v) is 3.27. The van der Waals surface area contributed by atoms with Crippen molar-refractivity contribution in [2.75, 3.05) is 26.2 Å². The number of aliphatic hydroxyl groups excluding tert-OH is 1. The summed E-state index contributed by atoms with van der Waals surface area (Å²) in [4.78, 5) is 25.5. The summed E-state index contributed by atoms with van der Waals surface area (Å²) in [5.74, 6) is 0.00264. The molecule has 1 unspecified atom stereocenters. The third-order valence-corrected chi connectivity index (χ3v) is 5.10. The zero-order valence-corrected chi connectivity index (χ0v) is 16.4. The first-order valence-corrected chi connectivity index (χ1v) is 9.93. The van der Waals surface area contributed by atoms with Crippen molar-refractivity contribution >= 4 is 11.7 Å². The molecular weight excluding hydrogens is 372 g/mol. The van der Waals surface area contributed by atoms with E-state index in [0.29, 0.717) is 24.7 Å². The van der Waals surface area contributed by atoms with Crippen molar-refractivity contribution in [2.45, 2.75) is 31.9 Å². The molecule has 0 aliphatic carbocycles. The van der Waals surface area contributed by atoms with Crippen molar-refractivity contribution in [3.05, 3.63) is 47.3 Å². The maximum Gasteiger partial charge on any atom is 0.273 e. The number of benzene rings is 1. The minimum atomic E-state index is -1.12. The summed E-state index contributed by atoms with van der Waals surface area (Å²) in [6.45, 7) is 3.00. The number of carbonyl (C=O) groups is 2. The van der Waals surface area contributed by atoms with E-state index >= 15 is 0 Å². The lowest BCUT2D eigenvalue weighted by molar-refractivity contribution is -0.125. The molecule has 29 heavy (non-hydrogen) atoms. The molecular formula is C20H28N6O3. The number of Topliss-reactive ketones (excluding diaryl/α,β-unsaturated/α-hetero) is 1. The van der Waals surface area contributed by atoms with Gasteiger partial charge in [-0.25, -0.2) is 0 Å². The zero-order valence-electron chi connectivity index (χ0n) is 16.4. The predicted octanol–water partition coefficient (Wildman–Crippen LogP) is -0.513. The van der Waals surface area contributed by atoms with Crippen LogP contribution in [0.3, 0.4) is 0 Å². The molecule has 9 heteroatoms. The molecule has 1 fully saturated rings. The number of carbonyl (C=O) groups excluding carboxylic acids is 2. The number of aromatic nitrogens is 3. The molecule has 5 N–H and O–H groups in total. The van der Waals surface area contributed by atoms with Crippen molar-refractivity contribution in [3.8, 4) is 0 Å². The van der Waals surface area contributed by atoms with E-state index in [9.17, 15) is 14.7 Å². The molecule has 0 saturated carbocycles. The van der Waals surface area contributed by atoms with E-state index in [1.165, 1.54) is 11.0 Å². The van der Waals surface area contributed by atoms with Gasteiger partial charge in [0.25, 0.3) is 5.91 Å². The molecule has 156 valence electrons. The van der Waals surface area contributed by atoms with Crippen LogP contribution in [0.15, 0.2) is 30.5 Å². The van der Waals surface area contributed by atoms with E-state index in [0.717, 1.165) is 37.1 Å². The standard InChI is InChI=1S/C20H28N6O3/c21-10-19(28)18(27)9-14-1-3-16(4-2-14)13-26-24-12-17(25-26)20(29)23-11-15-5-7-22-8-6-15/h1-4,12,15,19,22,28H,5-11,13,21H2,(H,23,29). The molecule has 1 aromatic carbocycles. The van der Waals surface area contributed by atoms with Crippen molar-refractivity contribution in [3.63, 3.8) is 0 Å². The topological polar surface area (TPSA) is 135 Å². The van der Waals surface area contributed by atoms with Gasteiger partial charge in [-0.1, -0.05) is 24.3 Å². The molecule has 1 saturated heterocycles. The quantitative estimate of drug-likeness (QED) is 0.445. The Balaban J connectivity index is 1.50. The minimum Gasteiger partial charge on any atom is -0.384 e. The van der Waals surface area contributed by atoms with E-state index < -0.39 is 6.10 Å². The van der Waals surface area contributed by atoms with E-state index in [2.05, 4.69) is 20.8 Å². The number of piperidine rings is 1. The van der Waals surface area contributed by atoms with Gasteiger partial charge in [-0.15, -0.1) is 5.10 Å². The predicted molar refractivity (Wildman–Crippen MR) is 107 cm³/mol. The molecule has 1 aliphatic rings. The second kappa shape index (κ2) is 10.2. The summed E-state index contributed by atoms with van der Waals surface area (Å²) in [5.41, 5.74) is 7.35. The van der Waals surface area contributed by atoms with Crippen molar-refractivity contribution < 1.29 is 14.7 Å². The van der Waals surface area contributed by atoms with Gasteiger partial charge < -0.3 is 21.5 Å². The number of hydrogen-bond acceptors (Lipinski definition) is 7. The summed E-state index contributed by atoms with van der Waals surface area (Å²) < 4.78 is 0. The lowest BCUT2D eigenvalue weighted by Gasteiger charge is -2.22. The van der Waals surface area contributed by atoms with Crippen LogP contribution in [-0.2, 0) is 17.8 Å². The lowest BCUT2D eigenvalue weighted by atomic mass is 9.98. The Morgan fingerprint density at radius 2 is 1.93 bits per heavy atom. The SMILES string of the molecule is NCC(O)C(=O)Cc1ccc(Cn2ncc(C(=O)NCC3CCNCC3)n2)cc1. The van der Waals surface area contributed by atoms with Gasteiger partial charge in [-0.05, 0) is 43.0 Å². The molecule has 0 spiro atoms. The lowest BCUT2D eigenvalue weighted by Crippen LogP contribution is -2.36. The summed E-state index contributed by atoms with van der Waals surface area (Å²) in [5, 5.41) is 24.1. The van der Waals surface area contributed by atoms with E-state index in [-0.39, 0.29) is 24.7 Å².